The van der Waals surface area contributed by atoms with Gasteiger partial charge in [-0.3, -0.25) is 0 Å². The minimum absolute atomic E-state index is 1.25. The van der Waals surface area contributed by atoms with Gasteiger partial charge in [0, 0.05) is 0 Å². The highest BCUT2D eigenvalue weighted by Gasteiger charge is 2.10. The van der Waals surface area contributed by atoms with Crippen LogP contribution in [0.4, 0.5) is 0 Å². The van der Waals surface area contributed by atoms with Crippen LogP contribution >= 0.6 is 0 Å². The third-order valence-corrected chi connectivity index (χ3v) is 3.25. The minimum Gasteiger partial charge on any atom is -0.120 e. The second-order valence-corrected chi connectivity index (χ2v) is 4.46. The molecule has 0 heterocycles. The summed E-state index contributed by atoms with van der Waals surface area (Å²) >= 11 is 0. The number of benzene rings is 2. The fourth-order valence-corrected chi connectivity index (χ4v) is 2.37. The van der Waals surface area contributed by atoms with E-state index >= 15 is 0 Å². The summed E-state index contributed by atoms with van der Waals surface area (Å²) in [5, 5.41) is 0. The first-order valence-electron chi connectivity index (χ1n) is 7.14. The highest BCUT2D eigenvalue weighted by molar-refractivity contribution is 5.84. The summed E-state index contributed by atoms with van der Waals surface area (Å²) in [6.07, 6.45) is 8.19. The predicted molar refractivity (Wildman–Crippen MR) is 89.5 cm³/mol. The van der Waals surface area contributed by atoms with Gasteiger partial charge in [-0.1, -0.05) is 68.5 Å². The first-order chi connectivity index (χ1) is 9.86. The first-order valence-corrected chi connectivity index (χ1v) is 7.14. The summed E-state index contributed by atoms with van der Waals surface area (Å²) in [6, 6.07) is 14.9. The lowest BCUT2D eigenvalue weighted by Gasteiger charge is -2.12. The molecule has 2 aromatic carbocycles. The first kappa shape index (κ1) is 14.1. The smallest absolute Gasteiger partial charge is 0.00255 e. The Morgan fingerprint density at radius 3 is 2.40 bits per heavy atom. The topological polar surface area (TPSA) is 0 Å². The van der Waals surface area contributed by atoms with Crippen LogP contribution in [0.15, 0.2) is 60.3 Å². The SMILES string of the molecule is CC.Cc1ccc2c(c1-c1ccccc1)C=C=CC=C2. The van der Waals surface area contributed by atoms with Crippen molar-refractivity contribution in [2.24, 2.45) is 0 Å². The summed E-state index contributed by atoms with van der Waals surface area (Å²) in [7, 11) is 0. The molecule has 0 N–H and O–H groups in total. The van der Waals surface area contributed by atoms with Crippen LogP contribution in [0.5, 0.6) is 0 Å². The lowest BCUT2D eigenvalue weighted by atomic mass is 9.91. The van der Waals surface area contributed by atoms with E-state index in [0.717, 1.165) is 0 Å². The molecule has 100 valence electrons. The molecule has 0 aliphatic heterocycles. The van der Waals surface area contributed by atoms with Crippen molar-refractivity contribution < 1.29 is 0 Å². The molecule has 0 aromatic heterocycles. The Bertz CT molecular complexity index is 667. The van der Waals surface area contributed by atoms with Gasteiger partial charge in [-0.05, 0) is 46.9 Å². The van der Waals surface area contributed by atoms with Crippen molar-refractivity contribution in [2.45, 2.75) is 20.8 Å². The maximum Gasteiger partial charge on any atom is -0.00255 e. The Kier molecular flexibility index (Phi) is 4.76. The molecular weight excluding hydrogens is 240 g/mol. The second-order valence-electron chi connectivity index (χ2n) is 4.46. The van der Waals surface area contributed by atoms with E-state index in [1.807, 2.05) is 26.0 Å². The molecule has 3 rings (SSSR count). The Morgan fingerprint density at radius 1 is 0.900 bits per heavy atom. The third kappa shape index (κ3) is 2.82. The van der Waals surface area contributed by atoms with Gasteiger partial charge in [0.2, 0.25) is 0 Å². The number of allylic oxidation sites excluding steroid dienone is 2. The molecule has 0 unspecified atom stereocenters. The molecule has 2 aromatic rings. The number of hydrogen-bond acceptors (Lipinski definition) is 0. The maximum atomic E-state index is 3.20. The highest BCUT2D eigenvalue weighted by Crippen LogP contribution is 2.32. The van der Waals surface area contributed by atoms with E-state index in [9.17, 15) is 0 Å². The summed E-state index contributed by atoms with van der Waals surface area (Å²) < 4.78 is 0. The van der Waals surface area contributed by atoms with Crippen LogP contribution in [0.1, 0.15) is 30.5 Å². The molecule has 0 saturated carbocycles. The lowest BCUT2D eigenvalue weighted by molar-refractivity contribution is 1.43. The highest BCUT2D eigenvalue weighted by atomic mass is 14.1. The van der Waals surface area contributed by atoms with Crippen molar-refractivity contribution in [1.29, 1.82) is 0 Å². The minimum atomic E-state index is 1.25. The summed E-state index contributed by atoms with van der Waals surface area (Å²) in [5.41, 5.74) is 9.58. The van der Waals surface area contributed by atoms with E-state index in [2.05, 4.69) is 67.3 Å². The van der Waals surface area contributed by atoms with Gasteiger partial charge in [-0.15, -0.1) is 5.73 Å². The number of hydrogen-bond donors (Lipinski definition) is 0. The van der Waals surface area contributed by atoms with Gasteiger partial charge in [-0.25, -0.2) is 0 Å². The van der Waals surface area contributed by atoms with Gasteiger partial charge in [0.25, 0.3) is 0 Å². The zero-order valence-electron chi connectivity index (χ0n) is 12.4. The molecular formula is C20H20. The van der Waals surface area contributed by atoms with Crippen LogP contribution in [0.3, 0.4) is 0 Å². The predicted octanol–water partition coefficient (Wildman–Crippen LogP) is 5.88. The monoisotopic (exact) mass is 260 g/mol. The molecule has 0 saturated heterocycles. The van der Waals surface area contributed by atoms with E-state index in [4.69, 9.17) is 0 Å². The van der Waals surface area contributed by atoms with Crippen molar-refractivity contribution in [3.8, 4) is 11.1 Å². The zero-order valence-corrected chi connectivity index (χ0v) is 12.4. The Morgan fingerprint density at radius 2 is 1.65 bits per heavy atom. The molecule has 0 heteroatoms. The van der Waals surface area contributed by atoms with Crippen molar-refractivity contribution >= 4 is 12.2 Å². The van der Waals surface area contributed by atoms with Gasteiger partial charge in [-0.2, -0.15) is 0 Å². The normalized spacial score (nSPS) is 11.3. The molecule has 0 bridgehead atoms. The van der Waals surface area contributed by atoms with Crippen LogP contribution in [0.2, 0.25) is 0 Å². The molecule has 0 fully saturated rings. The standard InChI is InChI=1S/C18H14.C2H6/c1-14-12-13-15-8-4-3-7-11-17(15)18(14)16-9-5-2-6-10-16;1-2/h2-6,8-13H,1H3;1-2H3. The van der Waals surface area contributed by atoms with E-state index in [1.165, 1.54) is 27.8 Å². The maximum absolute atomic E-state index is 3.20. The fraction of sp³-hybridized carbons (Fsp3) is 0.150. The Balaban J connectivity index is 0.000000704. The van der Waals surface area contributed by atoms with Gasteiger partial charge in [0.15, 0.2) is 0 Å². The van der Waals surface area contributed by atoms with E-state index in [-0.39, 0.29) is 0 Å². The van der Waals surface area contributed by atoms with Crippen molar-refractivity contribution in [1.82, 2.24) is 0 Å². The summed E-state index contributed by atoms with van der Waals surface area (Å²) in [4.78, 5) is 0. The average molecular weight is 260 g/mol. The van der Waals surface area contributed by atoms with E-state index < -0.39 is 0 Å². The molecule has 1 aliphatic rings. The molecule has 1 aliphatic carbocycles. The van der Waals surface area contributed by atoms with Gasteiger partial charge in [0.05, 0.1) is 0 Å². The molecule has 0 amide bonds. The van der Waals surface area contributed by atoms with Gasteiger partial charge < -0.3 is 0 Å². The van der Waals surface area contributed by atoms with Crippen LogP contribution in [0.25, 0.3) is 23.3 Å². The zero-order chi connectivity index (χ0) is 14.4. The summed E-state index contributed by atoms with van der Waals surface area (Å²) in [6.45, 7) is 6.16. The molecule has 0 nitrogen and oxygen atoms in total. The molecule has 0 atom stereocenters. The van der Waals surface area contributed by atoms with Crippen molar-refractivity contribution in [2.75, 3.05) is 0 Å². The fourth-order valence-electron chi connectivity index (χ4n) is 2.37. The molecule has 0 radical (unpaired) electrons. The quantitative estimate of drug-likeness (QED) is 0.561. The second kappa shape index (κ2) is 6.75. The molecule has 0 spiro atoms. The number of aryl methyl sites for hydroxylation is 1. The van der Waals surface area contributed by atoms with Gasteiger partial charge in [0.1, 0.15) is 0 Å². The van der Waals surface area contributed by atoms with Crippen LogP contribution in [0, 0.1) is 6.92 Å². The lowest BCUT2D eigenvalue weighted by Crippen LogP contribution is -1.91. The number of rotatable bonds is 1. The molecule has 20 heavy (non-hydrogen) atoms. The van der Waals surface area contributed by atoms with Crippen LogP contribution in [-0.4, -0.2) is 0 Å². The van der Waals surface area contributed by atoms with Crippen molar-refractivity contribution in [3.05, 3.63) is 77.0 Å². The Hall–Kier alpha value is -2.30. The van der Waals surface area contributed by atoms with E-state index in [1.54, 1.807) is 0 Å². The van der Waals surface area contributed by atoms with Gasteiger partial charge >= 0.3 is 0 Å². The number of fused-ring (bicyclic) bond motifs is 1. The summed E-state index contributed by atoms with van der Waals surface area (Å²) in [5.74, 6) is 0. The largest absolute Gasteiger partial charge is 0.120 e. The van der Waals surface area contributed by atoms with Crippen LogP contribution in [-0.2, 0) is 0 Å². The Labute approximate surface area is 121 Å². The van der Waals surface area contributed by atoms with Crippen LogP contribution < -0.4 is 0 Å². The van der Waals surface area contributed by atoms with Crippen molar-refractivity contribution in [3.63, 3.8) is 0 Å². The van der Waals surface area contributed by atoms with E-state index in [0.29, 0.717) is 0 Å². The third-order valence-electron chi connectivity index (χ3n) is 3.25. The average Bonchev–Trinajstić information content (AvgIpc) is 2.75.